The Bertz CT molecular complexity index is 670. The smallest absolute Gasteiger partial charge is 0.227 e. The van der Waals surface area contributed by atoms with E-state index < -0.39 is 0 Å². The van der Waals surface area contributed by atoms with Gasteiger partial charge in [0.1, 0.15) is 5.52 Å². The molecule has 0 amide bonds. The Labute approximate surface area is 113 Å². The molecule has 0 saturated heterocycles. The maximum Gasteiger partial charge on any atom is 0.227 e. The van der Waals surface area contributed by atoms with E-state index in [1.807, 2.05) is 37.3 Å². The first-order chi connectivity index (χ1) is 8.22. The Morgan fingerprint density at radius 2 is 1.82 bits per heavy atom. The normalized spacial score (nSPS) is 10.9. The van der Waals surface area contributed by atoms with E-state index in [0.29, 0.717) is 5.89 Å². The predicted octanol–water partition coefficient (Wildman–Crippen LogP) is 4.41. The number of halogens is 1. The Morgan fingerprint density at radius 1 is 1.06 bits per heavy atom. The van der Waals surface area contributed by atoms with Crippen LogP contribution in [0.4, 0.5) is 0 Å². The van der Waals surface area contributed by atoms with Gasteiger partial charge in [-0.15, -0.1) is 0 Å². The summed E-state index contributed by atoms with van der Waals surface area (Å²) in [6, 6.07) is 14.2. The van der Waals surface area contributed by atoms with Crippen LogP contribution in [0.3, 0.4) is 0 Å². The highest BCUT2D eigenvalue weighted by molar-refractivity contribution is 14.1. The lowest BCUT2D eigenvalue weighted by Crippen LogP contribution is -1.77. The van der Waals surface area contributed by atoms with Crippen molar-refractivity contribution in [3.63, 3.8) is 0 Å². The first-order valence-electron chi connectivity index (χ1n) is 5.35. The van der Waals surface area contributed by atoms with E-state index in [0.717, 1.165) is 16.7 Å². The SMILES string of the molecule is Cc1ccc2nc(-c3ccc(I)cc3)oc2c1. The molecule has 2 aromatic carbocycles. The summed E-state index contributed by atoms with van der Waals surface area (Å²) in [6.07, 6.45) is 0. The molecule has 3 aromatic rings. The van der Waals surface area contributed by atoms with Gasteiger partial charge in [-0.25, -0.2) is 4.98 Å². The van der Waals surface area contributed by atoms with Gasteiger partial charge in [0.05, 0.1) is 0 Å². The van der Waals surface area contributed by atoms with Crippen LogP contribution in [-0.4, -0.2) is 4.98 Å². The zero-order valence-corrected chi connectivity index (χ0v) is 11.4. The zero-order chi connectivity index (χ0) is 11.8. The molecule has 0 aliphatic carbocycles. The molecule has 0 saturated carbocycles. The fraction of sp³-hybridized carbons (Fsp3) is 0.0714. The molecule has 0 bridgehead atoms. The summed E-state index contributed by atoms with van der Waals surface area (Å²) in [7, 11) is 0. The zero-order valence-electron chi connectivity index (χ0n) is 9.27. The molecule has 17 heavy (non-hydrogen) atoms. The molecule has 0 fully saturated rings. The average molecular weight is 335 g/mol. The number of rotatable bonds is 1. The van der Waals surface area contributed by atoms with Crippen molar-refractivity contribution in [3.8, 4) is 11.5 Å². The van der Waals surface area contributed by atoms with E-state index >= 15 is 0 Å². The lowest BCUT2D eigenvalue weighted by atomic mass is 10.2. The lowest BCUT2D eigenvalue weighted by molar-refractivity contribution is 0.619. The average Bonchev–Trinajstić information content (AvgIpc) is 2.72. The number of fused-ring (bicyclic) bond motifs is 1. The first kappa shape index (κ1) is 10.8. The number of benzene rings is 2. The standard InChI is InChI=1S/C14H10INO/c1-9-2-7-12-13(8-9)17-14(16-12)10-3-5-11(15)6-4-10/h2-8H,1H3. The second-order valence-electron chi connectivity index (χ2n) is 4.00. The molecule has 0 aliphatic heterocycles. The van der Waals surface area contributed by atoms with Crippen LogP contribution in [0.15, 0.2) is 46.9 Å². The summed E-state index contributed by atoms with van der Waals surface area (Å²) in [4.78, 5) is 4.48. The molecule has 0 N–H and O–H groups in total. The summed E-state index contributed by atoms with van der Waals surface area (Å²) in [5, 5.41) is 0. The van der Waals surface area contributed by atoms with Crippen molar-refractivity contribution >= 4 is 33.7 Å². The largest absolute Gasteiger partial charge is 0.436 e. The molecule has 3 rings (SSSR count). The summed E-state index contributed by atoms with van der Waals surface area (Å²) in [5.41, 5.74) is 3.95. The van der Waals surface area contributed by atoms with Gasteiger partial charge in [-0.2, -0.15) is 0 Å². The Kier molecular flexibility index (Phi) is 2.63. The van der Waals surface area contributed by atoms with Crippen molar-refractivity contribution in [2.45, 2.75) is 6.92 Å². The van der Waals surface area contributed by atoms with Crippen LogP contribution in [0.5, 0.6) is 0 Å². The van der Waals surface area contributed by atoms with Crippen molar-refractivity contribution in [1.82, 2.24) is 4.98 Å². The molecule has 0 atom stereocenters. The number of aryl methyl sites for hydroxylation is 1. The molecule has 1 heterocycles. The molecule has 1 aromatic heterocycles. The number of aromatic nitrogens is 1. The third-order valence-corrected chi connectivity index (χ3v) is 3.35. The lowest BCUT2D eigenvalue weighted by Gasteiger charge is -1.94. The van der Waals surface area contributed by atoms with Crippen molar-refractivity contribution in [2.24, 2.45) is 0 Å². The van der Waals surface area contributed by atoms with E-state index in [2.05, 4.69) is 39.7 Å². The Balaban J connectivity index is 2.14. The molecular formula is C14H10INO. The van der Waals surface area contributed by atoms with Gasteiger partial charge in [0.2, 0.25) is 5.89 Å². The van der Waals surface area contributed by atoms with Crippen molar-refractivity contribution < 1.29 is 4.42 Å². The highest BCUT2D eigenvalue weighted by Gasteiger charge is 2.07. The summed E-state index contributed by atoms with van der Waals surface area (Å²) in [6.45, 7) is 2.05. The van der Waals surface area contributed by atoms with Crippen LogP contribution in [-0.2, 0) is 0 Å². The molecular weight excluding hydrogens is 325 g/mol. The van der Waals surface area contributed by atoms with Gasteiger partial charge in [-0.3, -0.25) is 0 Å². The van der Waals surface area contributed by atoms with Gasteiger partial charge >= 0.3 is 0 Å². The number of oxazole rings is 1. The summed E-state index contributed by atoms with van der Waals surface area (Å²) < 4.78 is 6.97. The quantitative estimate of drug-likeness (QED) is 0.616. The van der Waals surface area contributed by atoms with Crippen molar-refractivity contribution in [3.05, 3.63) is 51.6 Å². The molecule has 0 spiro atoms. The fourth-order valence-electron chi connectivity index (χ4n) is 1.75. The molecule has 84 valence electrons. The molecule has 0 radical (unpaired) electrons. The van der Waals surface area contributed by atoms with Gasteiger partial charge in [-0.1, -0.05) is 6.07 Å². The third kappa shape index (κ3) is 2.07. The molecule has 0 unspecified atom stereocenters. The van der Waals surface area contributed by atoms with E-state index in [9.17, 15) is 0 Å². The second kappa shape index (κ2) is 4.14. The minimum Gasteiger partial charge on any atom is -0.436 e. The highest BCUT2D eigenvalue weighted by Crippen LogP contribution is 2.25. The number of hydrogen-bond donors (Lipinski definition) is 0. The maximum atomic E-state index is 5.76. The Morgan fingerprint density at radius 3 is 2.59 bits per heavy atom. The van der Waals surface area contributed by atoms with Crippen LogP contribution >= 0.6 is 22.6 Å². The fourth-order valence-corrected chi connectivity index (χ4v) is 2.11. The van der Waals surface area contributed by atoms with Gasteiger partial charge in [0, 0.05) is 9.13 Å². The minimum absolute atomic E-state index is 0.682. The summed E-state index contributed by atoms with van der Waals surface area (Å²) >= 11 is 2.28. The van der Waals surface area contributed by atoms with Gasteiger partial charge in [0.15, 0.2) is 5.58 Å². The van der Waals surface area contributed by atoms with Crippen LogP contribution < -0.4 is 0 Å². The van der Waals surface area contributed by atoms with Crippen molar-refractivity contribution in [2.75, 3.05) is 0 Å². The van der Waals surface area contributed by atoms with Crippen LogP contribution in [0.2, 0.25) is 0 Å². The monoisotopic (exact) mass is 335 g/mol. The van der Waals surface area contributed by atoms with Crippen molar-refractivity contribution in [1.29, 1.82) is 0 Å². The summed E-state index contributed by atoms with van der Waals surface area (Å²) in [5.74, 6) is 0.682. The van der Waals surface area contributed by atoms with E-state index in [1.54, 1.807) is 0 Å². The van der Waals surface area contributed by atoms with Crippen LogP contribution in [0.1, 0.15) is 5.56 Å². The molecule has 3 heteroatoms. The van der Waals surface area contributed by atoms with Gasteiger partial charge in [-0.05, 0) is 71.5 Å². The van der Waals surface area contributed by atoms with Crippen LogP contribution in [0.25, 0.3) is 22.6 Å². The number of nitrogens with zero attached hydrogens (tertiary/aromatic N) is 1. The second-order valence-corrected chi connectivity index (χ2v) is 5.24. The van der Waals surface area contributed by atoms with E-state index in [-0.39, 0.29) is 0 Å². The molecule has 2 nitrogen and oxygen atoms in total. The highest BCUT2D eigenvalue weighted by atomic mass is 127. The topological polar surface area (TPSA) is 26.0 Å². The molecule has 0 aliphatic rings. The van der Waals surface area contributed by atoms with Gasteiger partial charge in [0.25, 0.3) is 0 Å². The predicted molar refractivity (Wildman–Crippen MR) is 76.9 cm³/mol. The van der Waals surface area contributed by atoms with Crippen LogP contribution in [0, 0.1) is 10.5 Å². The van der Waals surface area contributed by atoms with Gasteiger partial charge < -0.3 is 4.42 Å². The van der Waals surface area contributed by atoms with E-state index in [4.69, 9.17) is 4.42 Å². The first-order valence-corrected chi connectivity index (χ1v) is 6.43. The maximum absolute atomic E-state index is 5.76. The van der Waals surface area contributed by atoms with E-state index in [1.165, 1.54) is 9.13 Å². The Hall–Kier alpha value is -1.36. The number of hydrogen-bond acceptors (Lipinski definition) is 2. The third-order valence-electron chi connectivity index (χ3n) is 2.64. The minimum atomic E-state index is 0.682.